The van der Waals surface area contributed by atoms with E-state index in [1.807, 2.05) is 50.3 Å². The molecule has 4 aliphatic carbocycles. The van der Waals surface area contributed by atoms with Crippen LogP contribution in [0.1, 0.15) is 25.8 Å². The van der Waals surface area contributed by atoms with Crippen LogP contribution in [0.25, 0.3) is 5.57 Å². The first-order chi connectivity index (χ1) is 22.4. The molecule has 8 nitrogen and oxygen atoms in total. The molecule has 1 saturated carbocycles. The Kier molecular flexibility index (Phi) is 6.71. The normalized spacial score (nSPS) is 29.3. The van der Waals surface area contributed by atoms with Crippen molar-refractivity contribution in [3.63, 3.8) is 0 Å². The SMILES string of the molecule is CCOc1ccc(N2C(=O)[C@@H]3[C@H]4C=C[C@H](C5=C(c6ccccc6)C[C@@H]6C(=O)N(c7ccc(OCC)cc7)C(=O)[C@H]6[C@H]54)[C@H]3C2=O)cc1. The van der Waals surface area contributed by atoms with E-state index in [1.165, 1.54) is 9.80 Å². The third-order valence-electron chi connectivity index (χ3n) is 10.4. The molecule has 0 radical (unpaired) electrons. The van der Waals surface area contributed by atoms with E-state index in [2.05, 4.69) is 6.08 Å². The van der Waals surface area contributed by atoms with Crippen molar-refractivity contribution in [3.05, 3.63) is 102 Å². The monoisotopic (exact) mass is 614 g/mol. The zero-order valence-electron chi connectivity index (χ0n) is 25.7. The number of nitrogens with zero attached hydrogens (tertiary/aromatic N) is 2. The molecule has 0 unspecified atom stereocenters. The molecule has 3 aromatic rings. The standard InChI is InChI=1S/C38H34N2O6/c1-3-45-24-14-10-22(11-15-24)39-35(41)29-20-28(21-8-6-5-7-9-21)30-26-18-19-27(31(30)34(29)38(39)44)33-32(26)36(42)40(37(33)43)23-12-16-25(17-13-23)46-4-2/h5-19,26-27,29,31-34H,3-4,20H2,1-2H3/t26-,27+,29+,31+,32-,33-,34-/m1/s1. The quantitative estimate of drug-likeness (QED) is 0.251. The van der Waals surface area contributed by atoms with Crippen LogP contribution in [0.15, 0.2) is 96.6 Å². The lowest BCUT2D eigenvalue weighted by molar-refractivity contribution is -0.129. The lowest BCUT2D eigenvalue weighted by Gasteiger charge is -2.51. The molecule has 8 heteroatoms. The van der Waals surface area contributed by atoms with Crippen LogP contribution in [0, 0.1) is 41.4 Å². The largest absolute Gasteiger partial charge is 0.494 e. The minimum Gasteiger partial charge on any atom is -0.494 e. The van der Waals surface area contributed by atoms with Crippen LogP contribution < -0.4 is 19.3 Å². The van der Waals surface area contributed by atoms with Crippen LogP contribution in [0.4, 0.5) is 11.4 Å². The molecule has 7 atom stereocenters. The summed E-state index contributed by atoms with van der Waals surface area (Å²) in [4.78, 5) is 59.7. The topological polar surface area (TPSA) is 93.2 Å². The minimum absolute atomic E-state index is 0.219. The van der Waals surface area contributed by atoms with Crippen LogP contribution >= 0.6 is 0 Å². The van der Waals surface area contributed by atoms with Crippen LogP contribution in [-0.4, -0.2) is 36.8 Å². The van der Waals surface area contributed by atoms with E-state index in [0.717, 1.165) is 16.7 Å². The van der Waals surface area contributed by atoms with Crippen molar-refractivity contribution in [2.75, 3.05) is 23.0 Å². The summed E-state index contributed by atoms with van der Waals surface area (Å²) in [5, 5.41) is 0. The number of fused-ring (bicyclic) bond motifs is 1. The highest BCUT2D eigenvalue weighted by atomic mass is 16.5. The number of hydrogen-bond acceptors (Lipinski definition) is 6. The number of allylic oxidation sites excluding steroid dienone is 4. The summed E-state index contributed by atoms with van der Waals surface area (Å²) in [5.41, 5.74) is 4.06. The van der Waals surface area contributed by atoms with E-state index in [0.29, 0.717) is 42.5 Å². The van der Waals surface area contributed by atoms with Gasteiger partial charge in [-0.1, -0.05) is 48.1 Å². The number of benzene rings is 3. The van der Waals surface area contributed by atoms with Gasteiger partial charge in [0.25, 0.3) is 0 Å². The van der Waals surface area contributed by atoms with Gasteiger partial charge in [0, 0.05) is 11.8 Å². The van der Waals surface area contributed by atoms with Crippen molar-refractivity contribution in [1.82, 2.24) is 0 Å². The van der Waals surface area contributed by atoms with E-state index < -0.39 is 29.6 Å². The van der Waals surface area contributed by atoms with Gasteiger partial charge in [0.1, 0.15) is 11.5 Å². The molecule has 2 saturated heterocycles. The maximum atomic E-state index is 14.4. The lowest BCUT2D eigenvalue weighted by atomic mass is 9.49. The number of imide groups is 2. The summed E-state index contributed by atoms with van der Waals surface area (Å²) in [7, 11) is 0. The molecule has 3 fully saturated rings. The van der Waals surface area contributed by atoms with Crippen molar-refractivity contribution in [3.8, 4) is 11.5 Å². The van der Waals surface area contributed by atoms with Crippen LogP contribution in [-0.2, 0) is 19.2 Å². The maximum absolute atomic E-state index is 14.4. The Morgan fingerprint density at radius 1 is 0.609 bits per heavy atom. The summed E-state index contributed by atoms with van der Waals surface area (Å²) < 4.78 is 11.2. The number of amides is 4. The molecule has 9 rings (SSSR count). The number of carbonyl (C=O) groups is 4. The van der Waals surface area contributed by atoms with Gasteiger partial charge in [-0.25, -0.2) is 0 Å². The van der Waals surface area contributed by atoms with Crippen LogP contribution in [0.2, 0.25) is 0 Å². The summed E-state index contributed by atoms with van der Waals surface area (Å²) in [6.07, 6.45) is 4.51. The summed E-state index contributed by atoms with van der Waals surface area (Å²) in [5.74, 6) is -3.07. The molecule has 46 heavy (non-hydrogen) atoms. The minimum atomic E-state index is -0.623. The van der Waals surface area contributed by atoms with Crippen molar-refractivity contribution in [1.29, 1.82) is 0 Å². The van der Waals surface area contributed by atoms with Gasteiger partial charge in [-0.3, -0.25) is 29.0 Å². The molecule has 3 aromatic carbocycles. The van der Waals surface area contributed by atoms with Gasteiger partial charge in [-0.05, 0) is 85.9 Å². The van der Waals surface area contributed by atoms with Gasteiger partial charge in [0.15, 0.2) is 0 Å². The lowest BCUT2D eigenvalue weighted by Crippen LogP contribution is -2.51. The van der Waals surface area contributed by atoms with Crippen molar-refractivity contribution < 1.29 is 28.7 Å². The Labute approximate surface area is 267 Å². The highest BCUT2D eigenvalue weighted by molar-refractivity contribution is 6.24. The number of anilines is 2. The molecule has 6 aliphatic rings. The molecule has 0 spiro atoms. The van der Waals surface area contributed by atoms with Gasteiger partial charge in [0.2, 0.25) is 23.6 Å². The van der Waals surface area contributed by atoms with Crippen LogP contribution in [0.3, 0.4) is 0 Å². The predicted octanol–water partition coefficient (Wildman–Crippen LogP) is 5.68. The third kappa shape index (κ3) is 4.05. The Hall–Kier alpha value is -4.98. The zero-order valence-corrected chi connectivity index (χ0v) is 25.7. The molecule has 2 heterocycles. The van der Waals surface area contributed by atoms with E-state index in [1.54, 1.807) is 48.5 Å². The Morgan fingerprint density at radius 3 is 1.74 bits per heavy atom. The van der Waals surface area contributed by atoms with Crippen molar-refractivity contribution >= 4 is 40.6 Å². The second-order valence-corrected chi connectivity index (χ2v) is 12.6. The number of rotatable bonds is 7. The molecular formula is C38H34N2O6. The zero-order chi connectivity index (χ0) is 31.7. The molecule has 232 valence electrons. The summed E-state index contributed by atoms with van der Waals surface area (Å²) in [6, 6.07) is 24.0. The first-order valence-corrected chi connectivity index (χ1v) is 16.1. The second kappa shape index (κ2) is 10.8. The number of hydrogen-bond donors (Lipinski definition) is 0. The van der Waals surface area contributed by atoms with Crippen molar-refractivity contribution in [2.45, 2.75) is 20.3 Å². The molecule has 4 amide bonds. The first-order valence-electron chi connectivity index (χ1n) is 16.1. The van der Waals surface area contributed by atoms with E-state index in [-0.39, 0.29) is 35.5 Å². The molecular weight excluding hydrogens is 580 g/mol. The fraction of sp³-hybridized carbons (Fsp3) is 0.316. The Morgan fingerprint density at radius 2 is 1.15 bits per heavy atom. The van der Waals surface area contributed by atoms with Gasteiger partial charge in [0.05, 0.1) is 48.3 Å². The highest BCUT2D eigenvalue weighted by Crippen LogP contribution is 2.63. The van der Waals surface area contributed by atoms with E-state index in [9.17, 15) is 19.2 Å². The maximum Gasteiger partial charge on any atom is 0.238 e. The fourth-order valence-electron chi connectivity index (χ4n) is 8.74. The average Bonchev–Trinajstić information content (AvgIpc) is 3.51. The first kappa shape index (κ1) is 28.5. The van der Waals surface area contributed by atoms with Gasteiger partial charge >= 0.3 is 0 Å². The van der Waals surface area contributed by atoms with E-state index >= 15 is 0 Å². The van der Waals surface area contributed by atoms with E-state index in [4.69, 9.17) is 9.47 Å². The second-order valence-electron chi connectivity index (χ2n) is 12.6. The Balaban J connectivity index is 1.22. The van der Waals surface area contributed by atoms with Gasteiger partial charge in [-0.15, -0.1) is 0 Å². The Bertz CT molecular complexity index is 1810. The number of carbonyl (C=O) groups excluding carboxylic acids is 4. The summed E-state index contributed by atoms with van der Waals surface area (Å²) in [6.45, 7) is 4.83. The van der Waals surface area contributed by atoms with Crippen LogP contribution in [0.5, 0.6) is 11.5 Å². The molecule has 2 aliphatic heterocycles. The molecule has 0 aromatic heterocycles. The van der Waals surface area contributed by atoms with Gasteiger partial charge < -0.3 is 9.47 Å². The number of ether oxygens (including phenoxy) is 2. The fourth-order valence-corrected chi connectivity index (χ4v) is 8.74. The highest BCUT2D eigenvalue weighted by Gasteiger charge is 2.67. The van der Waals surface area contributed by atoms with Gasteiger partial charge in [-0.2, -0.15) is 0 Å². The average molecular weight is 615 g/mol. The summed E-state index contributed by atoms with van der Waals surface area (Å²) >= 11 is 0. The van der Waals surface area contributed by atoms with Crippen molar-refractivity contribution in [2.24, 2.45) is 41.4 Å². The smallest absolute Gasteiger partial charge is 0.238 e. The molecule has 0 N–H and O–H groups in total. The molecule has 2 bridgehead atoms. The third-order valence-corrected chi connectivity index (χ3v) is 10.4. The predicted molar refractivity (Wildman–Crippen MR) is 172 cm³/mol.